The molecule has 1 atom stereocenters. The predicted molar refractivity (Wildman–Crippen MR) is 104 cm³/mol. The quantitative estimate of drug-likeness (QED) is 0.678. The van der Waals surface area contributed by atoms with Crippen molar-refractivity contribution in [1.82, 2.24) is 15.5 Å². The van der Waals surface area contributed by atoms with E-state index in [-0.39, 0.29) is 12.1 Å². The number of anilines is 1. The average Bonchev–Trinajstić information content (AvgIpc) is 3.18. The standard InChI is InChI=1S/C20H22N4O3/c1-4-13(2)21-20(25)22-16-10-8-14(9-11-16)18-23-19(27-24-18)15-6-5-7-17(12-15)26-3/h5-13H,4H2,1-3H3,(H2,21,22,25)/t13-/m0/s1. The summed E-state index contributed by atoms with van der Waals surface area (Å²) in [5, 5.41) is 9.69. The first kappa shape index (κ1) is 18.4. The Morgan fingerprint density at radius 1 is 1.19 bits per heavy atom. The third-order valence-corrected chi connectivity index (χ3v) is 4.13. The molecule has 3 aromatic rings. The number of nitrogens with one attached hydrogen (secondary N) is 2. The Bertz CT molecular complexity index is 906. The van der Waals surface area contributed by atoms with Crippen LogP contribution < -0.4 is 15.4 Å². The first-order chi connectivity index (χ1) is 13.1. The fourth-order valence-corrected chi connectivity index (χ4v) is 2.41. The fraction of sp³-hybridized carbons (Fsp3) is 0.250. The largest absolute Gasteiger partial charge is 0.497 e. The maximum atomic E-state index is 11.9. The molecule has 0 radical (unpaired) electrons. The van der Waals surface area contributed by atoms with Crippen LogP contribution in [0, 0.1) is 0 Å². The zero-order valence-corrected chi connectivity index (χ0v) is 15.5. The highest BCUT2D eigenvalue weighted by Gasteiger charge is 2.12. The molecule has 0 aliphatic rings. The summed E-state index contributed by atoms with van der Waals surface area (Å²) in [5.41, 5.74) is 2.27. The van der Waals surface area contributed by atoms with Crippen LogP contribution in [0.15, 0.2) is 53.1 Å². The van der Waals surface area contributed by atoms with Crippen molar-refractivity contribution in [2.75, 3.05) is 12.4 Å². The SMILES string of the molecule is CC[C@H](C)NC(=O)Nc1ccc(-c2noc(-c3cccc(OC)c3)n2)cc1. The predicted octanol–water partition coefficient (Wildman–Crippen LogP) is 4.33. The molecule has 0 spiro atoms. The molecule has 0 bridgehead atoms. The van der Waals surface area contributed by atoms with Crippen LogP contribution in [0.25, 0.3) is 22.8 Å². The van der Waals surface area contributed by atoms with Gasteiger partial charge in [0.2, 0.25) is 5.82 Å². The van der Waals surface area contributed by atoms with E-state index >= 15 is 0 Å². The minimum absolute atomic E-state index is 0.124. The van der Waals surface area contributed by atoms with Crippen molar-refractivity contribution >= 4 is 11.7 Å². The summed E-state index contributed by atoms with van der Waals surface area (Å²) in [6.07, 6.45) is 0.875. The van der Waals surface area contributed by atoms with Gasteiger partial charge in [0.25, 0.3) is 5.89 Å². The molecule has 27 heavy (non-hydrogen) atoms. The van der Waals surface area contributed by atoms with Crippen molar-refractivity contribution in [2.24, 2.45) is 0 Å². The highest BCUT2D eigenvalue weighted by Crippen LogP contribution is 2.25. The van der Waals surface area contributed by atoms with Crippen LogP contribution in [0.1, 0.15) is 20.3 Å². The summed E-state index contributed by atoms with van der Waals surface area (Å²) in [7, 11) is 1.61. The van der Waals surface area contributed by atoms with Gasteiger partial charge in [0, 0.05) is 22.9 Å². The van der Waals surface area contributed by atoms with E-state index in [1.54, 1.807) is 19.2 Å². The molecular weight excluding hydrogens is 344 g/mol. The van der Waals surface area contributed by atoms with Gasteiger partial charge in [-0.25, -0.2) is 4.79 Å². The normalized spacial score (nSPS) is 11.7. The third-order valence-electron chi connectivity index (χ3n) is 4.13. The number of benzene rings is 2. The number of hydrogen-bond acceptors (Lipinski definition) is 5. The second kappa shape index (κ2) is 8.35. The summed E-state index contributed by atoms with van der Waals surface area (Å²) in [6.45, 7) is 3.98. The molecule has 2 aromatic carbocycles. The average molecular weight is 366 g/mol. The second-order valence-electron chi connectivity index (χ2n) is 6.14. The number of carbonyl (C=O) groups is 1. The molecule has 1 heterocycles. The van der Waals surface area contributed by atoms with Gasteiger partial charge < -0.3 is 19.9 Å². The number of methoxy groups -OCH3 is 1. The minimum Gasteiger partial charge on any atom is -0.497 e. The Balaban J connectivity index is 1.70. The van der Waals surface area contributed by atoms with Crippen molar-refractivity contribution < 1.29 is 14.1 Å². The van der Waals surface area contributed by atoms with Crippen LogP contribution in [-0.4, -0.2) is 29.3 Å². The Labute approximate surface area is 157 Å². The van der Waals surface area contributed by atoms with E-state index in [0.717, 1.165) is 23.3 Å². The highest BCUT2D eigenvalue weighted by molar-refractivity contribution is 5.89. The van der Waals surface area contributed by atoms with Gasteiger partial charge in [-0.05, 0) is 55.8 Å². The van der Waals surface area contributed by atoms with Crippen LogP contribution in [0.5, 0.6) is 5.75 Å². The number of carbonyl (C=O) groups excluding carboxylic acids is 1. The second-order valence-corrected chi connectivity index (χ2v) is 6.14. The maximum absolute atomic E-state index is 11.9. The fourth-order valence-electron chi connectivity index (χ4n) is 2.41. The topological polar surface area (TPSA) is 89.3 Å². The zero-order valence-electron chi connectivity index (χ0n) is 15.5. The zero-order chi connectivity index (χ0) is 19.2. The summed E-state index contributed by atoms with van der Waals surface area (Å²) >= 11 is 0. The number of rotatable bonds is 6. The molecule has 0 aliphatic carbocycles. The van der Waals surface area contributed by atoms with Gasteiger partial charge >= 0.3 is 6.03 Å². The Hall–Kier alpha value is -3.35. The van der Waals surface area contributed by atoms with Gasteiger partial charge in [0.15, 0.2) is 0 Å². The molecule has 2 amide bonds. The van der Waals surface area contributed by atoms with E-state index in [1.165, 1.54) is 0 Å². The first-order valence-corrected chi connectivity index (χ1v) is 8.75. The number of hydrogen-bond donors (Lipinski definition) is 2. The van der Waals surface area contributed by atoms with Crippen LogP contribution in [0.2, 0.25) is 0 Å². The Morgan fingerprint density at radius 3 is 2.67 bits per heavy atom. The van der Waals surface area contributed by atoms with Gasteiger partial charge in [-0.1, -0.05) is 18.1 Å². The van der Waals surface area contributed by atoms with E-state index in [0.29, 0.717) is 17.4 Å². The molecule has 0 unspecified atom stereocenters. The number of amides is 2. The molecule has 0 fully saturated rings. The molecule has 2 N–H and O–H groups in total. The van der Waals surface area contributed by atoms with Gasteiger partial charge in [0.05, 0.1) is 7.11 Å². The van der Waals surface area contributed by atoms with Crippen molar-refractivity contribution in [3.8, 4) is 28.6 Å². The summed E-state index contributed by atoms with van der Waals surface area (Å²) in [6, 6.07) is 14.6. The molecule has 7 heteroatoms. The lowest BCUT2D eigenvalue weighted by Crippen LogP contribution is -2.35. The monoisotopic (exact) mass is 366 g/mol. The minimum atomic E-state index is -0.225. The summed E-state index contributed by atoms with van der Waals surface area (Å²) in [4.78, 5) is 16.3. The van der Waals surface area contributed by atoms with E-state index in [2.05, 4.69) is 20.8 Å². The van der Waals surface area contributed by atoms with Gasteiger partial charge in [-0.3, -0.25) is 0 Å². The lowest BCUT2D eigenvalue weighted by atomic mass is 10.2. The van der Waals surface area contributed by atoms with Crippen LogP contribution in [-0.2, 0) is 0 Å². The Morgan fingerprint density at radius 2 is 1.96 bits per heavy atom. The summed E-state index contributed by atoms with van der Waals surface area (Å²) < 4.78 is 10.6. The van der Waals surface area contributed by atoms with Crippen LogP contribution in [0.4, 0.5) is 10.5 Å². The molecule has 0 saturated heterocycles. The number of aromatic nitrogens is 2. The number of nitrogens with zero attached hydrogens (tertiary/aromatic N) is 2. The van der Waals surface area contributed by atoms with Gasteiger partial charge in [-0.2, -0.15) is 4.98 Å². The molecule has 0 saturated carbocycles. The van der Waals surface area contributed by atoms with E-state index in [9.17, 15) is 4.79 Å². The summed E-state index contributed by atoms with van der Waals surface area (Å²) in [5.74, 6) is 1.61. The molecule has 1 aromatic heterocycles. The molecular formula is C20H22N4O3. The van der Waals surface area contributed by atoms with Crippen molar-refractivity contribution in [2.45, 2.75) is 26.3 Å². The van der Waals surface area contributed by atoms with Gasteiger partial charge in [-0.15, -0.1) is 0 Å². The van der Waals surface area contributed by atoms with E-state index in [1.807, 2.05) is 50.2 Å². The molecule has 0 aliphatic heterocycles. The van der Waals surface area contributed by atoms with E-state index < -0.39 is 0 Å². The maximum Gasteiger partial charge on any atom is 0.319 e. The smallest absolute Gasteiger partial charge is 0.319 e. The Kier molecular flexibility index (Phi) is 5.71. The lowest BCUT2D eigenvalue weighted by Gasteiger charge is -2.12. The third kappa shape index (κ3) is 4.63. The number of ether oxygens (including phenoxy) is 1. The van der Waals surface area contributed by atoms with Crippen molar-refractivity contribution in [3.05, 3.63) is 48.5 Å². The van der Waals surface area contributed by atoms with E-state index in [4.69, 9.17) is 9.26 Å². The van der Waals surface area contributed by atoms with Crippen LogP contribution in [0.3, 0.4) is 0 Å². The first-order valence-electron chi connectivity index (χ1n) is 8.75. The van der Waals surface area contributed by atoms with Crippen molar-refractivity contribution in [1.29, 1.82) is 0 Å². The molecule has 140 valence electrons. The van der Waals surface area contributed by atoms with Gasteiger partial charge in [0.1, 0.15) is 5.75 Å². The van der Waals surface area contributed by atoms with Crippen LogP contribution >= 0.6 is 0 Å². The molecule has 7 nitrogen and oxygen atoms in total. The van der Waals surface area contributed by atoms with Crippen molar-refractivity contribution in [3.63, 3.8) is 0 Å². The number of urea groups is 1. The highest BCUT2D eigenvalue weighted by atomic mass is 16.5. The molecule has 3 rings (SSSR count). The lowest BCUT2D eigenvalue weighted by molar-refractivity contribution is 0.249.